The quantitative estimate of drug-likeness (QED) is 0.508. The number of amides is 2. The van der Waals surface area contributed by atoms with Gasteiger partial charge in [0.1, 0.15) is 12.4 Å². The van der Waals surface area contributed by atoms with E-state index in [0.29, 0.717) is 54.7 Å². The lowest BCUT2D eigenvalue weighted by atomic mass is 10.1. The van der Waals surface area contributed by atoms with Crippen molar-refractivity contribution in [1.29, 1.82) is 0 Å². The predicted octanol–water partition coefficient (Wildman–Crippen LogP) is 5.23. The first-order valence-corrected chi connectivity index (χ1v) is 11.4. The third kappa shape index (κ3) is 5.03. The summed E-state index contributed by atoms with van der Waals surface area (Å²) >= 11 is 13.8. The molecule has 5 nitrogen and oxygen atoms in total. The summed E-state index contributed by atoms with van der Waals surface area (Å²) in [5.74, 6) is 0.404. The molecule has 2 heterocycles. The number of benzene rings is 2. The minimum atomic E-state index is -0.177. The van der Waals surface area contributed by atoms with Gasteiger partial charge in [0, 0.05) is 36.6 Å². The highest BCUT2D eigenvalue weighted by molar-refractivity contribution is 7.09. The topological polar surface area (TPSA) is 49.9 Å². The molecular formula is C23H20Cl2N2O3S. The second-order valence-corrected chi connectivity index (χ2v) is 8.90. The number of halogens is 2. The summed E-state index contributed by atoms with van der Waals surface area (Å²) in [5.41, 5.74) is 0.950. The Kier molecular flexibility index (Phi) is 6.80. The van der Waals surface area contributed by atoms with E-state index in [1.165, 1.54) is 0 Å². The first-order chi connectivity index (χ1) is 15.0. The summed E-state index contributed by atoms with van der Waals surface area (Å²) in [6, 6.07) is 16.2. The molecule has 8 heteroatoms. The number of rotatable bonds is 5. The molecule has 1 aliphatic rings. The van der Waals surface area contributed by atoms with Gasteiger partial charge in [-0.25, -0.2) is 0 Å². The number of piperazine rings is 1. The van der Waals surface area contributed by atoms with Gasteiger partial charge in [0.2, 0.25) is 0 Å². The molecule has 0 N–H and O–H groups in total. The summed E-state index contributed by atoms with van der Waals surface area (Å²) in [6.45, 7) is 2.23. The minimum Gasteiger partial charge on any atom is -0.488 e. The number of hydrogen-bond donors (Lipinski definition) is 0. The lowest BCUT2D eigenvalue weighted by molar-refractivity contribution is 0.0535. The molecule has 3 aromatic rings. The molecule has 0 bridgehead atoms. The van der Waals surface area contributed by atoms with Crippen LogP contribution in [-0.4, -0.2) is 47.8 Å². The molecule has 2 aromatic carbocycles. The molecule has 1 fully saturated rings. The van der Waals surface area contributed by atoms with Crippen molar-refractivity contribution >= 4 is 46.4 Å². The molecular weight excluding hydrogens is 455 g/mol. The van der Waals surface area contributed by atoms with Crippen molar-refractivity contribution in [3.05, 3.63) is 86.0 Å². The Hall–Kier alpha value is -2.54. The van der Waals surface area contributed by atoms with E-state index in [1.807, 2.05) is 29.6 Å². The van der Waals surface area contributed by atoms with E-state index in [0.717, 1.165) is 4.88 Å². The molecule has 0 atom stereocenters. The highest BCUT2D eigenvalue weighted by Crippen LogP contribution is 2.27. The van der Waals surface area contributed by atoms with Gasteiger partial charge in [0.25, 0.3) is 11.8 Å². The zero-order valence-corrected chi connectivity index (χ0v) is 18.9. The summed E-state index contributed by atoms with van der Waals surface area (Å²) in [4.78, 5) is 30.3. The van der Waals surface area contributed by atoms with Crippen LogP contribution in [0.2, 0.25) is 10.0 Å². The lowest BCUT2D eigenvalue weighted by Gasteiger charge is -2.35. The van der Waals surface area contributed by atoms with Crippen LogP contribution < -0.4 is 4.74 Å². The van der Waals surface area contributed by atoms with Crippen molar-refractivity contribution in [3.63, 3.8) is 0 Å². The van der Waals surface area contributed by atoms with E-state index < -0.39 is 0 Å². The van der Waals surface area contributed by atoms with Gasteiger partial charge in [0.05, 0.1) is 15.6 Å². The smallest absolute Gasteiger partial charge is 0.255 e. The normalized spacial score (nSPS) is 13.9. The maximum Gasteiger partial charge on any atom is 0.255 e. The third-order valence-electron chi connectivity index (χ3n) is 5.08. The Labute approximate surface area is 194 Å². The molecule has 1 saturated heterocycles. The molecule has 1 aliphatic heterocycles. The molecule has 31 heavy (non-hydrogen) atoms. The zero-order chi connectivity index (χ0) is 21.8. The standard InChI is InChI=1S/C23H20Cl2N2O3S/c24-20-8-2-7-19(21(20)25)23(29)27-11-9-26(10-12-27)22(28)16-4-1-5-17(14-16)30-15-18-6-3-13-31-18/h1-8,13-14H,9-12,15H2. The second-order valence-electron chi connectivity index (χ2n) is 7.08. The summed E-state index contributed by atoms with van der Waals surface area (Å²) in [7, 11) is 0. The minimum absolute atomic E-state index is 0.0746. The van der Waals surface area contributed by atoms with Gasteiger partial charge in [-0.2, -0.15) is 0 Å². The molecule has 0 saturated carbocycles. The third-order valence-corrected chi connectivity index (χ3v) is 6.75. The van der Waals surface area contributed by atoms with Gasteiger partial charge in [-0.3, -0.25) is 9.59 Å². The van der Waals surface area contributed by atoms with Gasteiger partial charge in [0.15, 0.2) is 0 Å². The van der Waals surface area contributed by atoms with Crippen LogP contribution in [0.15, 0.2) is 60.0 Å². The van der Waals surface area contributed by atoms with E-state index in [1.54, 1.807) is 51.5 Å². The van der Waals surface area contributed by atoms with Crippen LogP contribution in [-0.2, 0) is 6.61 Å². The maximum atomic E-state index is 13.0. The first-order valence-electron chi connectivity index (χ1n) is 9.81. The monoisotopic (exact) mass is 474 g/mol. The van der Waals surface area contributed by atoms with E-state index >= 15 is 0 Å². The van der Waals surface area contributed by atoms with Crippen LogP contribution in [0.3, 0.4) is 0 Å². The molecule has 0 spiro atoms. The molecule has 160 valence electrons. The first kappa shape index (κ1) is 21.7. The highest BCUT2D eigenvalue weighted by Gasteiger charge is 2.27. The van der Waals surface area contributed by atoms with Crippen LogP contribution in [0, 0.1) is 0 Å². The molecule has 0 aliphatic carbocycles. The van der Waals surface area contributed by atoms with Crippen molar-refractivity contribution in [3.8, 4) is 5.75 Å². The number of hydrogen-bond acceptors (Lipinski definition) is 4. The van der Waals surface area contributed by atoms with Gasteiger partial charge in [-0.1, -0.05) is 41.4 Å². The van der Waals surface area contributed by atoms with Crippen molar-refractivity contribution in [1.82, 2.24) is 9.80 Å². The van der Waals surface area contributed by atoms with Crippen LogP contribution in [0.4, 0.5) is 0 Å². The molecule has 0 radical (unpaired) electrons. The average molecular weight is 475 g/mol. The number of nitrogens with zero attached hydrogens (tertiary/aromatic N) is 2. The molecule has 2 amide bonds. The fraction of sp³-hybridized carbons (Fsp3) is 0.217. The average Bonchev–Trinajstić information content (AvgIpc) is 3.33. The molecule has 1 aromatic heterocycles. The van der Waals surface area contributed by atoms with Crippen molar-refractivity contribution in [2.75, 3.05) is 26.2 Å². The summed E-state index contributed by atoms with van der Waals surface area (Å²) in [6.07, 6.45) is 0. The van der Waals surface area contributed by atoms with E-state index in [2.05, 4.69) is 0 Å². The van der Waals surface area contributed by atoms with Gasteiger partial charge < -0.3 is 14.5 Å². The Balaban J connectivity index is 1.36. The zero-order valence-electron chi connectivity index (χ0n) is 16.6. The largest absolute Gasteiger partial charge is 0.488 e. The van der Waals surface area contributed by atoms with Crippen molar-refractivity contribution in [2.45, 2.75) is 6.61 Å². The Morgan fingerprint density at radius 1 is 0.903 bits per heavy atom. The second kappa shape index (κ2) is 9.73. The Bertz CT molecular complexity index is 1080. The Morgan fingerprint density at radius 2 is 1.61 bits per heavy atom. The van der Waals surface area contributed by atoms with Gasteiger partial charge >= 0.3 is 0 Å². The SMILES string of the molecule is O=C(c1cccc(OCc2cccs2)c1)N1CCN(C(=O)c2cccc(Cl)c2Cl)CC1. The van der Waals surface area contributed by atoms with Crippen LogP contribution in [0.1, 0.15) is 25.6 Å². The summed E-state index contributed by atoms with van der Waals surface area (Å²) in [5, 5.41) is 2.61. The predicted molar refractivity (Wildman–Crippen MR) is 123 cm³/mol. The van der Waals surface area contributed by atoms with E-state index in [4.69, 9.17) is 27.9 Å². The van der Waals surface area contributed by atoms with E-state index in [-0.39, 0.29) is 16.8 Å². The fourth-order valence-corrected chi connectivity index (χ4v) is 4.40. The fourth-order valence-electron chi connectivity index (χ4n) is 3.40. The summed E-state index contributed by atoms with van der Waals surface area (Å²) < 4.78 is 5.81. The lowest BCUT2D eigenvalue weighted by Crippen LogP contribution is -2.50. The van der Waals surface area contributed by atoms with Crippen molar-refractivity contribution < 1.29 is 14.3 Å². The highest BCUT2D eigenvalue weighted by atomic mass is 35.5. The molecule has 0 unspecified atom stereocenters. The number of carbonyl (C=O) groups is 2. The van der Waals surface area contributed by atoms with E-state index in [9.17, 15) is 9.59 Å². The Morgan fingerprint density at radius 3 is 2.32 bits per heavy atom. The van der Waals surface area contributed by atoms with Crippen LogP contribution in [0.5, 0.6) is 5.75 Å². The molecule has 4 rings (SSSR count). The van der Waals surface area contributed by atoms with Gasteiger partial charge in [-0.15, -0.1) is 11.3 Å². The van der Waals surface area contributed by atoms with Gasteiger partial charge in [-0.05, 0) is 41.8 Å². The van der Waals surface area contributed by atoms with Crippen LogP contribution >= 0.6 is 34.5 Å². The number of ether oxygens (including phenoxy) is 1. The maximum absolute atomic E-state index is 13.0. The van der Waals surface area contributed by atoms with Crippen molar-refractivity contribution in [2.24, 2.45) is 0 Å². The van der Waals surface area contributed by atoms with Crippen LogP contribution in [0.25, 0.3) is 0 Å². The number of thiophene rings is 1. The number of carbonyl (C=O) groups excluding carboxylic acids is 2.